The molecule has 0 amide bonds. The molecule has 436 valence electrons. The number of guanidine groups is 1. The fourth-order valence-corrected chi connectivity index (χ4v) is 9.44. The van der Waals surface area contributed by atoms with Gasteiger partial charge in [-0.2, -0.15) is 0 Å². The number of nitrogens with zero attached hydrogens (tertiary/aromatic N) is 1. The minimum Gasteiger partial charge on any atom is -0.481 e. The average molecular weight is 1080 g/mol. The molecule has 76 heavy (non-hydrogen) atoms. The number of carboxylic acid groups (broad SMARTS) is 1. The van der Waals surface area contributed by atoms with E-state index >= 15 is 0 Å². The molecule has 18 atom stereocenters. The summed E-state index contributed by atoms with van der Waals surface area (Å²) < 4.78 is 17.5. The van der Waals surface area contributed by atoms with Crippen LogP contribution in [0.5, 0.6) is 0 Å². The molecule has 20 heteroatoms. The number of carbonyl (C=O) groups is 3. The largest absolute Gasteiger partial charge is 0.481 e. The number of fused-ring (bicyclic) bond motifs is 2. The second kappa shape index (κ2) is 34.7. The number of carboxylic acids is 1. The molecule has 18 unspecified atom stereocenters. The Labute approximate surface area is 450 Å². The van der Waals surface area contributed by atoms with Gasteiger partial charge >= 0.3 is 17.9 Å². The van der Waals surface area contributed by atoms with Crippen LogP contribution in [0, 0.1) is 29.6 Å². The minimum atomic E-state index is -2.52. The van der Waals surface area contributed by atoms with E-state index in [9.17, 15) is 70.6 Å². The second-order valence-corrected chi connectivity index (χ2v) is 21.6. The molecule has 0 aromatic heterocycles. The Morgan fingerprint density at radius 3 is 2.11 bits per heavy atom. The van der Waals surface area contributed by atoms with Crippen LogP contribution in [0.1, 0.15) is 145 Å². The standard InChI is InChI=1S/C56H95N3O17/c1-33-18-15-20-37(5)52(36(4)17-13-11-9-10-12-14-24-59-55(57)58-8)75-54(72)38(6)21-16-19-34(2)46(64)30-47(65)39(7)44(62)23-22-35(3)49(67)32-56(73)53(71)48(66)29-43(76-56)28-42(74-51(70)31-50(68)69)26-40(60)25-41(61)27-45(33)63/h9-10,15-16,18-21,34-37,39-49,52-53,60-67,71,73H,11-14,17,22-32H2,1-8H3,(H,68,69)(H3,57,58,59)/b10-9+,19-16?,20-15?,33-18?,38-21?. The van der Waals surface area contributed by atoms with E-state index in [-0.39, 0.29) is 63.2 Å². The number of allylic oxidation sites excluding steroid dienone is 6. The Balaban J connectivity index is 2.43. The lowest BCUT2D eigenvalue weighted by Crippen LogP contribution is -2.60. The lowest BCUT2D eigenvalue weighted by molar-refractivity contribution is -0.333. The minimum absolute atomic E-state index is 0.0643. The van der Waals surface area contributed by atoms with Gasteiger partial charge in [0, 0.05) is 75.4 Å². The molecule has 20 nitrogen and oxygen atoms in total. The highest BCUT2D eigenvalue weighted by molar-refractivity contribution is 5.90. The first-order chi connectivity index (χ1) is 35.7. The maximum absolute atomic E-state index is 13.6. The molecule has 14 N–H and O–H groups in total. The molecule has 0 radical (unpaired) electrons. The Morgan fingerprint density at radius 2 is 1.45 bits per heavy atom. The molecule has 2 bridgehead atoms. The number of aliphatic hydroxyl groups excluding tert-OH is 9. The number of hydrogen-bond acceptors (Lipinski definition) is 17. The highest BCUT2D eigenvalue weighted by Crippen LogP contribution is 2.36. The average Bonchev–Trinajstić information content (AvgIpc) is 3.34. The summed E-state index contributed by atoms with van der Waals surface area (Å²) in [6.07, 6.45) is 1.04. The molecule has 1 fully saturated rings. The molecular weight excluding hydrogens is 987 g/mol. The van der Waals surface area contributed by atoms with E-state index in [1.807, 2.05) is 19.9 Å². The highest BCUT2D eigenvalue weighted by atomic mass is 16.7. The second-order valence-electron chi connectivity index (χ2n) is 21.6. The van der Waals surface area contributed by atoms with Gasteiger partial charge in [-0.05, 0) is 82.6 Å². The van der Waals surface area contributed by atoms with Crippen molar-refractivity contribution < 1.29 is 84.8 Å². The number of cyclic esters (lactones) is 1. The van der Waals surface area contributed by atoms with Crippen LogP contribution in [0.25, 0.3) is 0 Å². The lowest BCUT2D eigenvalue weighted by atomic mass is 9.84. The number of unbranched alkanes of at least 4 members (excludes halogenated alkanes) is 2. The number of carbonyl (C=O) groups excluding carboxylic acids is 2. The van der Waals surface area contributed by atoms with Gasteiger partial charge in [0.2, 0.25) is 0 Å². The summed E-state index contributed by atoms with van der Waals surface area (Å²) in [7, 11) is 1.62. The number of aliphatic carboxylic acids is 1. The first-order valence-corrected chi connectivity index (χ1v) is 27.1. The Morgan fingerprint density at radius 1 is 0.816 bits per heavy atom. The molecule has 2 heterocycles. The lowest BCUT2D eigenvalue weighted by Gasteiger charge is -2.45. The van der Waals surface area contributed by atoms with E-state index in [4.69, 9.17) is 19.9 Å². The van der Waals surface area contributed by atoms with E-state index in [0.717, 1.165) is 32.1 Å². The van der Waals surface area contributed by atoms with Crippen molar-refractivity contribution in [2.75, 3.05) is 13.6 Å². The van der Waals surface area contributed by atoms with E-state index in [1.165, 1.54) is 0 Å². The number of aliphatic imine (C=N–C) groups is 1. The Bertz CT molecular complexity index is 1930. The fourth-order valence-electron chi connectivity index (χ4n) is 9.44. The van der Waals surface area contributed by atoms with Gasteiger partial charge in [-0.1, -0.05) is 83.2 Å². The Hall–Kier alpha value is -4.06. The summed E-state index contributed by atoms with van der Waals surface area (Å²) in [5.74, 6) is -7.41. The third kappa shape index (κ3) is 25.2. The zero-order valence-corrected chi connectivity index (χ0v) is 46.1. The first-order valence-electron chi connectivity index (χ1n) is 27.1. The van der Waals surface area contributed by atoms with E-state index < -0.39 is 128 Å². The van der Waals surface area contributed by atoms with E-state index in [0.29, 0.717) is 23.7 Å². The normalized spacial score (nSPS) is 35.8. The third-order valence-electron chi connectivity index (χ3n) is 14.8. The van der Waals surface area contributed by atoms with Gasteiger partial charge < -0.3 is 81.4 Å². The summed E-state index contributed by atoms with van der Waals surface area (Å²) in [5, 5.41) is 123. The van der Waals surface area contributed by atoms with Gasteiger partial charge in [-0.15, -0.1) is 0 Å². The van der Waals surface area contributed by atoms with Crippen molar-refractivity contribution >= 4 is 23.9 Å². The molecule has 2 aliphatic heterocycles. The summed E-state index contributed by atoms with van der Waals surface area (Å²) in [6, 6.07) is 0. The van der Waals surface area contributed by atoms with Gasteiger partial charge in [0.05, 0.1) is 54.9 Å². The number of rotatable bonds is 12. The maximum atomic E-state index is 13.6. The smallest absolute Gasteiger partial charge is 0.334 e. The van der Waals surface area contributed by atoms with Crippen LogP contribution in [0.3, 0.4) is 0 Å². The molecule has 0 aliphatic carbocycles. The zero-order chi connectivity index (χ0) is 57.3. The number of hydrogen-bond donors (Lipinski definition) is 13. The predicted molar refractivity (Wildman–Crippen MR) is 287 cm³/mol. The van der Waals surface area contributed by atoms with Crippen molar-refractivity contribution in [3.8, 4) is 0 Å². The molecule has 0 aromatic carbocycles. The van der Waals surface area contributed by atoms with Gasteiger partial charge in [0.25, 0.3) is 0 Å². The van der Waals surface area contributed by atoms with Gasteiger partial charge in [-0.3, -0.25) is 14.6 Å². The summed E-state index contributed by atoms with van der Waals surface area (Å²) in [4.78, 5) is 41.4. The van der Waals surface area contributed by atoms with Crippen LogP contribution < -0.4 is 11.1 Å². The van der Waals surface area contributed by atoms with Crippen molar-refractivity contribution in [3.05, 3.63) is 59.8 Å². The summed E-state index contributed by atoms with van der Waals surface area (Å²) in [6.45, 7) is 13.0. The zero-order valence-electron chi connectivity index (χ0n) is 46.1. The Kier molecular flexibility index (Phi) is 31.1. The topological polar surface area (TPSA) is 352 Å². The molecule has 0 spiro atoms. The molecule has 0 aromatic rings. The molecule has 0 saturated carbocycles. The number of ether oxygens (including phenoxy) is 3. The molecule has 2 rings (SSSR count). The van der Waals surface area contributed by atoms with E-state index in [2.05, 4.69) is 22.5 Å². The van der Waals surface area contributed by atoms with Crippen LogP contribution in [0.2, 0.25) is 0 Å². The maximum Gasteiger partial charge on any atom is 0.334 e. The molecular formula is C56H95N3O17. The third-order valence-corrected chi connectivity index (χ3v) is 14.8. The van der Waals surface area contributed by atoms with Crippen LogP contribution in [0.4, 0.5) is 0 Å². The van der Waals surface area contributed by atoms with Crippen molar-refractivity contribution in [2.24, 2.45) is 40.3 Å². The highest BCUT2D eigenvalue weighted by Gasteiger charge is 2.50. The number of nitrogens with two attached hydrogens (primary N) is 1. The van der Waals surface area contributed by atoms with Crippen LogP contribution in [-0.4, -0.2) is 173 Å². The summed E-state index contributed by atoms with van der Waals surface area (Å²) in [5.41, 5.74) is 6.49. The van der Waals surface area contributed by atoms with Crippen LogP contribution >= 0.6 is 0 Å². The summed E-state index contributed by atoms with van der Waals surface area (Å²) >= 11 is 0. The van der Waals surface area contributed by atoms with Crippen molar-refractivity contribution in [1.82, 2.24) is 5.32 Å². The number of aliphatic hydroxyl groups is 10. The van der Waals surface area contributed by atoms with Gasteiger partial charge in [0.15, 0.2) is 11.7 Å². The number of nitrogens with one attached hydrogen (secondary N) is 1. The fraction of sp³-hybridized carbons (Fsp3) is 0.750. The van der Waals surface area contributed by atoms with Gasteiger partial charge in [-0.25, -0.2) is 4.79 Å². The van der Waals surface area contributed by atoms with Crippen LogP contribution in [-0.2, 0) is 28.6 Å². The van der Waals surface area contributed by atoms with Crippen molar-refractivity contribution in [3.63, 3.8) is 0 Å². The molecule has 1 saturated heterocycles. The molecule has 2 aliphatic rings. The van der Waals surface area contributed by atoms with Crippen LogP contribution in [0.15, 0.2) is 64.7 Å². The quantitative estimate of drug-likeness (QED) is 0.0333. The monoisotopic (exact) mass is 1080 g/mol. The van der Waals surface area contributed by atoms with Crippen molar-refractivity contribution in [1.29, 1.82) is 0 Å². The van der Waals surface area contributed by atoms with E-state index in [1.54, 1.807) is 72.0 Å². The predicted octanol–water partition coefficient (Wildman–Crippen LogP) is 3.37. The van der Waals surface area contributed by atoms with Crippen molar-refractivity contribution in [2.45, 2.75) is 224 Å². The first kappa shape index (κ1) is 68.0. The van der Waals surface area contributed by atoms with Gasteiger partial charge in [0.1, 0.15) is 24.7 Å². The SMILES string of the molecule is CN=C(N)NCCC/C=C/CCCC(C)C1OC(=O)C(C)=CC=CC(C)C(O)CC(O)C(C)C(O)CCC(C)C(O)CC2(O)OC(CC(OC(=O)CC(=O)O)CC(O)CC(O)CC(O)C(C)=CC=CC1C)CC(O)C2O. The number of esters is 2.